The highest BCUT2D eigenvalue weighted by atomic mass is 31.1. The fourth-order valence-electron chi connectivity index (χ4n) is 3.29. The Morgan fingerprint density at radius 2 is 1.64 bits per heavy atom. The first-order valence-corrected chi connectivity index (χ1v) is 9.25. The second-order valence-electron chi connectivity index (χ2n) is 6.65. The second kappa shape index (κ2) is 6.66. The van der Waals surface area contributed by atoms with Crippen molar-refractivity contribution in [1.82, 2.24) is 0 Å². The summed E-state index contributed by atoms with van der Waals surface area (Å²) in [5, 5.41) is 0. The molecule has 1 aromatic rings. The molecule has 2 aliphatic rings. The maximum absolute atomic E-state index is 10.7. The normalized spacial score (nSPS) is 21.3. The van der Waals surface area contributed by atoms with Crippen LogP contribution >= 0.6 is 8.25 Å². The van der Waals surface area contributed by atoms with Crippen molar-refractivity contribution in [2.45, 2.75) is 51.4 Å². The topological polar surface area (TPSA) is 55.8 Å². The van der Waals surface area contributed by atoms with Gasteiger partial charge in [0.05, 0.1) is 0 Å². The lowest BCUT2D eigenvalue weighted by atomic mass is 9.88. The summed E-state index contributed by atoms with van der Waals surface area (Å²) in [7, 11) is -2.62. The molecule has 0 aromatic heterocycles. The number of benzene rings is 1. The van der Waals surface area contributed by atoms with E-state index in [1.54, 1.807) is 0 Å². The van der Waals surface area contributed by atoms with Crippen LogP contribution in [0.4, 0.5) is 0 Å². The highest BCUT2D eigenvalue weighted by Crippen LogP contribution is 2.49. The van der Waals surface area contributed by atoms with Gasteiger partial charge in [-0.2, -0.15) is 0 Å². The minimum Gasteiger partial charge on any atom is -0.462 e. The van der Waals surface area contributed by atoms with Crippen molar-refractivity contribution >= 4 is 8.25 Å². The van der Waals surface area contributed by atoms with Gasteiger partial charge in [0, 0.05) is 4.57 Å². The van der Waals surface area contributed by atoms with Crippen LogP contribution in [0, 0.1) is 11.8 Å². The predicted octanol–water partition coefficient (Wildman–Crippen LogP) is 4.72. The Labute approximate surface area is 132 Å². The van der Waals surface area contributed by atoms with Gasteiger partial charge in [0.15, 0.2) is 0 Å². The Hall–Kier alpha value is -0.960. The maximum atomic E-state index is 10.7. The van der Waals surface area contributed by atoms with Crippen LogP contribution in [0.25, 0.3) is 0 Å². The zero-order chi connectivity index (χ0) is 15.7. The number of para-hydroxylation sites is 1. The van der Waals surface area contributed by atoms with Gasteiger partial charge in [-0.1, -0.05) is 36.6 Å². The van der Waals surface area contributed by atoms with E-state index in [2.05, 4.69) is 32.0 Å². The first-order chi connectivity index (χ1) is 10.6. The van der Waals surface area contributed by atoms with E-state index in [1.165, 1.54) is 36.8 Å². The summed E-state index contributed by atoms with van der Waals surface area (Å²) in [6, 6.07) is 6.36. The molecule has 4 nitrogen and oxygen atoms in total. The Morgan fingerprint density at radius 3 is 2.05 bits per heavy atom. The van der Waals surface area contributed by atoms with E-state index >= 15 is 0 Å². The summed E-state index contributed by atoms with van der Waals surface area (Å²) in [5.41, 5.74) is 2.42. The van der Waals surface area contributed by atoms with Crippen LogP contribution in [-0.4, -0.2) is 11.7 Å². The van der Waals surface area contributed by atoms with E-state index in [0.29, 0.717) is 11.8 Å². The van der Waals surface area contributed by atoms with Gasteiger partial charge >= 0.3 is 8.25 Å². The fourth-order valence-corrected chi connectivity index (χ4v) is 3.43. The molecule has 3 rings (SSSR count). The largest absolute Gasteiger partial charge is 0.698 e. The summed E-state index contributed by atoms with van der Waals surface area (Å²) < 4.78 is 21.2. The third-order valence-electron chi connectivity index (χ3n) is 5.08. The van der Waals surface area contributed by atoms with Crippen molar-refractivity contribution in [3.05, 3.63) is 29.3 Å². The van der Waals surface area contributed by atoms with Gasteiger partial charge in [-0.15, -0.1) is 4.89 Å². The number of hydrogen-bond donors (Lipinski definition) is 1. The van der Waals surface area contributed by atoms with Crippen LogP contribution in [0.2, 0.25) is 0 Å². The molecule has 1 N–H and O–H groups in total. The minimum absolute atomic E-state index is 0.176. The Bertz CT molecular complexity index is 515. The lowest BCUT2D eigenvalue weighted by Crippen LogP contribution is -2.09. The van der Waals surface area contributed by atoms with Crippen LogP contribution < -0.4 is 4.74 Å². The van der Waals surface area contributed by atoms with E-state index in [0.717, 1.165) is 17.6 Å². The van der Waals surface area contributed by atoms with Gasteiger partial charge in [-0.25, -0.2) is 0 Å². The van der Waals surface area contributed by atoms with Gasteiger partial charge in [0.25, 0.3) is 0 Å². The lowest BCUT2D eigenvalue weighted by molar-refractivity contribution is 0.112. The summed E-state index contributed by atoms with van der Waals surface area (Å²) in [5.74, 6) is 3.28. The van der Waals surface area contributed by atoms with E-state index in [9.17, 15) is 4.57 Å². The summed E-state index contributed by atoms with van der Waals surface area (Å²) in [6.45, 7) is 4.32. The molecule has 3 atom stereocenters. The van der Waals surface area contributed by atoms with Gasteiger partial charge in [0.1, 0.15) is 5.75 Å². The Balaban J connectivity index is 1.86. The van der Waals surface area contributed by atoms with Crippen molar-refractivity contribution < 1.29 is 18.7 Å². The molecule has 2 aliphatic carbocycles. The second-order valence-corrected chi connectivity index (χ2v) is 7.38. The minimum atomic E-state index is -2.62. The van der Waals surface area contributed by atoms with E-state index in [-0.39, 0.29) is 6.79 Å². The van der Waals surface area contributed by atoms with Gasteiger partial charge in [-0.3, -0.25) is 0 Å². The lowest BCUT2D eigenvalue weighted by Gasteiger charge is -2.22. The third-order valence-corrected chi connectivity index (χ3v) is 5.41. The number of hydrogen-bond acceptors (Lipinski definition) is 3. The molecular weight excluding hydrogens is 299 g/mol. The SMILES string of the molecule is CC(c1cccc(C(C)C2CC2)c1OCO[P+](=O)O)C1CC1. The molecule has 120 valence electrons. The summed E-state index contributed by atoms with van der Waals surface area (Å²) in [4.78, 5) is 8.79. The molecule has 0 amide bonds. The van der Waals surface area contributed by atoms with Crippen LogP contribution in [-0.2, 0) is 9.09 Å². The summed E-state index contributed by atoms with van der Waals surface area (Å²) in [6.07, 6.45) is 5.12. The molecule has 0 aliphatic heterocycles. The van der Waals surface area contributed by atoms with Gasteiger partial charge < -0.3 is 4.74 Å². The average molecular weight is 323 g/mol. The molecule has 0 saturated heterocycles. The van der Waals surface area contributed by atoms with Crippen molar-refractivity contribution in [3.63, 3.8) is 0 Å². The van der Waals surface area contributed by atoms with Gasteiger partial charge in [-0.05, 0) is 60.5 Å². The molecule has 3 unspecified atom stereocenters. The van der Waals surface area contributed by atoms with E-state index in [4.69, 9.17) is 14.2 Å². The van der Waals surface area contributed by atoms with Crippen LogP contribution in [0.3, 0.4) is 0 Å². The summed E-state index contributed by atoms with van der Waals surface area (Å²) >= 11 is 0. The molecular formula is C17H24O4P+. The Kier molecular flexibility index (Phi) is 4.82. The van der Waals surface area contributed by atoms with Crippen LogP contribution in [0.1, 0.15) is 62.5 Å². The zero-order valence-electron chi connectivity index (χ0n) is 13.2. The van der Waals surface area contributed by atoms with Crippen LogP contribution in [0.15, 0.2) is 18.2 Å². The molecule has 5 heteroatoms. The van der Waals surface area contributed by atoms with Gasteiger partial charge in [0.2, 0.25) is 6.79 Å². The standard InChI is InChI=1S/C17H23O4P/c1-11(13-6-7-13)15-4-3-5-16(12(2)14-8-9-14)17(15)20-10-21-22(18)19/h3-5,11-14H,6-10H2,1-2H3/p+1. The molecule has 0 radical (unpaired) electrons. The highest BCUT2D eigenvalue weighted by Gasteiger charge is 2.35. The number of rotatable bonds is 8. The van der Waals surface area contributed by atoms with E-state index < -0.39 is 8.25 Å². The smallest absolute Gasteiger partial charge is 0.462 e. The molecule has 2 saturated carbocycles. The molecule has 0 spiro atoms. The monoisotopic (exact) mass is 323 g/mol. The number of ether oxygens (including phenoxy) is 1. The quantitative estimate of drug-likeness (QED) is 0.556. The van der Waals surface area contributed by atoms with Crippen molar-refractivity contribution in [2.75, 3.05) is 6.79 Å². The zero-order valence-corrected chi connectivity index (χ0v) is 14.1. The highest BCUT2D eigenvalue weighted by molar-refractivity contribution is 7.32. The first kappa shape index (κ1) is 15.9. The average Bonchev–Trinajstić information content (AvgIpc) is 3.38. The molecule has 2 fully saturated rings. The predicted molar refractivity (Wildman–Crippen MR) is 85.1 cm³/mol. The Morgan fingerprint density at radius 1 is 1.14 bits per heavy atom. The van der Waals surface area contributed by atoms with Crippen molar-refractivity contribution in [2.24, 2.45) is 11.8 Å². The molecule has 0 bridgehead atoms. The molecule has 1 aromatic carbocycles. The molecule has 0 heterocycles. The molecule has 22 heavy (non-hydrogen) atoms. The van der Waals surface area contributed by atoms with Crippen molar-refractivity contribution in [3.8, 4) is 5.75 Å². The maximum Gasteiger partial charge on any atom is 0.698 e. The third kappa shape index (κ3) is 3.68. The first-order valence-electron chi connectivity index (χ1n) is 8.12. The van der Waals surface area contributed by atoms with Crippen LogP contribution in [0.5, 0.6) is 5.75 Å². The van der Waals surface area contributed by atoms with E-state index in [1.807, 2.05) is 0 Å². The fraction of sp³-hybridized carbons (Fsp3) is 0.647. The van der Waals surface area contributed by atoms with Crippen molar-refractivity contribution in [1.29, 1.82) is 0 Å².